The number of hydrogen-bond acceptors (Lipinski definition) is 6. The molecule has 0 saturated carbocycles. The van der Waals surface area contributed by atoms with E-state index >= 15 is 0 Å². The molecule has 4 rings (SSSR count). The van der Waals surface area contributed by atoms with Crippen molar-refractivity contribution in [3.8, 4) is 11.5 Å². The third-order valence-corrected chi connectivity index (χ3v) is 6.21. The fraction of sp³-hybridized carbons (Fsp3) is 0.136. The molecular formula is C22H14ClF2NO6S. The molecule has 11 heteroatoms. The van der Waals surface area contributed by atoms with E-state index < -0.39 is 29.4 Å². The van der Waals surface area contributed by atoms with Gasteiger partial charge >= 0.3 is 5.97 Å². The Morgan fingerprint density at radius 3 is 2.70 bits per heavy atom. The van der Waals surface area contributed by atoms with Crippen molar-refractivity contribution in [2.24, 2.45) is 0 Å². The number of fused-ring (bicyclic) bond motifs is 1. The maximum atomic E-state index is 14.6. The molecule has 2 aromatic carbocycles. The molecule has 170 valence electrons. The Morgan fingerprint density at radius 1 is 1.24 bits per heavy atom. The first-order chi connectivity index (χ1) is 15.7. The Kier molecular flexibility index (Phi) is 6.05. The van der Waals surface area contributed by atoms with Crippen molar-refractivity contribution in [1.82, 2.24) is 0 Å². The molecule has 1 N–H and O–H groups in total. The van der Waals surface area contributed by atoms with Gasteiger partial charge in [-0.3, -0.25) is 9.59 Å². The van der Waals surface area contributed by atoms with Crippen molar-refractivity contribution >= 4 is 46.4 Å². The van der Waals surface area contributed by atoms with E-state index in [0.717, 1.165) is 29.5 Å². The monoisotopic (exact) mass is 493 g/mol. The number of ether oxygens (including phenoxy) is 2. The van der Waals surface area contributed by atoms with Crippen LogP contribution >= 0.6 is 22.9 Å². The summed E-state index contributed by atoms with van der Waals surface area (Å²) in [5.41, 5.74) is 0.0379. The quantitative estimate of drug-likeness (QED) is 0.501. The molecule has 1 aliphatic rings. The normalized spacial score (nSPS) is 13.2. The number of halogens is 3. The lowest BCUT2D eigenvalue weighted by molar-refractivity contribution is -0.117. The summed E-state index contributed by atoms with van der Waals surface area (Å²) in [6.07, 6.45) is -0.256. The van der Waals surface area contributed by atoms with Crippen LogP contribution in [0, 0.1) is 11.6 Å². The Bertz CT molecular complexity index is 1310. The van der Waals surface area contributed by atoms with Crippen LogP contribution in [0.2, 0.25) is 5.02 Å². The smallest absolute Gasteiger partial charge is 0.346 e. The fourth-order valence-electron chi connectivity index (χ4n) is 3.49. The van der Waals surface area contributed by atoms with E-state index in [1.807, 2.05) is 0 Å². The number of hydrogen-bond donors (Lipinski definition) is 1. The van der Waals surface area contributed by atoms with E-state index in [4.69, 9.17) is 21.1 Å². The van der Waals surface area contributed by atoms with E-state index in [9.17, 15) is 28.3 Å². The van der Waals surface area contributed by atoms with Gasteiger partial charge in [0.2, 0.25) is 5.91 Å². The summed E-state index contributed by atoms with van der Waals surface area (Å²) in [7, 11) is 1.36. The molecule has 33 heavy (non-hydrogen) atoms. The Hall–Kier alpha value is -3.50. The minimum absolute atomic E-state index is 0.0428. The summed E-state index contributed by atoms with van der Waals surface area (Å²) in [5, 5.41) is 10.8. The SMILES string of the molecule is COc1c(Cl)cc(F)cc1COc1ccc(F)c(N2C(=O)Cc3csc(C(=O)O)c3C2=O)c1. The number of aromatic carboxylic acids is 1. The predicted octanol–water partition coefficient (Wildman–Crippen LogP) is 4.70. The molecule has 0 unspecified atom stereocenters. The van der Waals surface area contributed by atoms with Gasteiger partial charge in [-0.15, -0.1) is 11.3 Å². The van der Waals surface area contributed by atoms with Gasteiger partial charge in [0.05, 0.1) is 29.8 Å². The molecule has 0 spiro atoms. The number of rotatable bonds is 6. The molecule has 2 heterocycles. The summed E-state index contributed by atoms with van der Waals surface area (Å²) in [5.74, 6) is -4.18. The lowest BCUT2D eigenvalue weighted by Crippen LogP contribution is -2.43. The standard InChI is InChI=1S/C22H14ClF2NO6S/c1-31-19-10(4-12(24)6-14(19)23)8-32-13-2-3-15(25)16(7-13)26-17(27)5-11-9-33-20(22(29)30)18(11)21(26)28/h2-4,6-7,9H,5,8H2,1H3,(H,29,30). The highest BCUT2D eigenvalue weighted by Crippen LogP contribution is 2.35. The molecule has 7 nitrogen and oxygen atoms in total. The number of imide groups is 1. The molecule has 0 aliphatic carbocycles. The van der Waals surface area contributed by atoms with Crippen LogP contribution in [0.25, 0.3) is 0 Å². The Balaban J connectivity index is 1.66. The van der Waals surface area contributed by atoms with E-state index in [1.165, 1.54) is 24.6 Å². The molecule has 3 aromatic rings. The van der Waals surface area contributed by atoms with Gasteiger partial charge in [0.15, 0.2) is 0 Å². The molecule has 0 bridgehead atoms. The van der Waals surface area contributed by atoms with Crippen LogP contribution in [0.3, 0.4) is 0 Å². The molecule has 0 atom stereocenters. The van der Waals surface area contributed by atoms with Crippen molar-refractivity contribution in [2.45, 2.75) is 13.0 Å². The maximum absolute atomic E-state index is 14.6. The highest BCUT2D eigenvalue weighted by Gasteiger charge is 2.38. The van der Waals surface area contributed by atoms with Gasteiger partial charge in [-0.2, -0.15) is 0 Å². The number of carboxylic acid groups (broad SMARTS) is 1. The largest absolute Gasteiger partial charge is 0.495 e. The van der Waals surface area contributed by atoms with E-state index in [1.54, 1.807) is 0 Å². The van der Waals surface area contributed by atoms with Crippen LogP contribution in [0.5, 0.6) is 11.5 Å². The number of benzene rings is 2. The molecule has 2 amide bonds. The predicted molar refractivity (Wildman–Crippen MR) is 115 cm³/mol. The van der Waals surface area contributed by atoms with Crippen LogP contribution in [0.1, 0.15) is 31.2 Å². The van der Waals surface area contributed by atoms with Crippen LogP contribution in [-0.2, 0) is 17.8 Å². The highest BCUT2D eigenvalue weighted by atomic mass is 35.5. The summed E-state index contributed by atoms with van der Waals surface area (Å²) < 4.78 is 39.1. The van der Waals surface area contributed by atoms with E-state index in [-0.39, 0.29) is 56.8 Å². The second kappa shape index (κ2) is 8.80. The molecule has 0 radical (unpaired) electrons. The minimum Gasteiger partial charge on any atom is -0.495 e. The number of nitrogens with zero attached hydrogens (tertiary/aromatic N) is 1. The van der Waals surface area contributed by atoms with E-state index in [0.29, 0.717) is 4.90 Å². The average molecular weight is 494 g/mol. The number of thiophene rings is 1. The fourth-order valence-corrected chi connectivity index (χ4v) is 4.69. The number of carbonyl (C=O) groups is 3. The van der Waals surface area contributed by atoms with Crippen LogP contribution in [0.4, 0.5) is 14.5 Å². The first-order valence-corrected chi connectivity index (χ1v) is 10.6. The second-order valence-corrected chi connectivity index (χ2v) is 8.25. The first-order valence-electron chi connectivity index (χ1n) is 9.36. The zero-order chi connectivity index (χ0) is 23.9. The molecule has 0 fully saturated rings. The highest BCUT2D eigenvalue weighted by molar-refractivity contribution is 7.12. The second-order valence-electron chi connectivity index (χ2n) is 6.96. The number of anilines is 1. The number of amides is 2. The maximum Gasteiger partial charge on any atom is 0.346 e. The topological polar surface area (TPSA) is 93.1 Å². The Labute approximate surface area is 194 Å². The molecule has 0 saturated heterocycles. The number of carbonyl (C=O) groups excluding carboxylic acids is 2. The van der Waals surface area contributed by atoms with E-state index in [2.05, 4.69) is 0 Å². The van der Waals surface area contributed by atoms with Crippen molar-refractivity contribution in [3.05, 3.63) is 73.9 Å². The van der Waals surface area contributed by atoms with Crippen molar-refractivity contribution in [1.29, 1.82) is 0 Å². The number of carboxylic acids is 1. The van der Waals surface area contributed by atoms with Gasteiger partial charge in [0, 0.05) is 11.6 Å². The summed E-state index contributed by atoms with van der Waals surface area (Å²) in [4.78, 5) is 37.4. The van der Waals surface area contributed by atoms with Gasteiger partial charge in [-0.1, -0.05) is 11.6 Å². The van der Waals surface area contributed by atoms with Crippen LogP contribution < -0.4 is 14.4 Å². The first kappa shape index (κ1) is 22.7. The van der Waals surface area contributed by atoms with Crippen molar-refractivity contribution in [3.63, 3.8) is 0 Å². The average Bonchev–Trinajstić information content (AvgIpc) is 3.18. The van der Waals surface area contributed by atoms with Gasteiger partial charge in [-0.25, -0.2) is 18.5 Å². The summed E-state index contributed by atoms with van der Waals surface area (Å²) >= 11 is 6.79. The van der Waals surface area contributed by atoms with Gasteiger partial charge in [-0.05, 0) is 35.2 Å². The van der Waals surface area contributed by atoms with Crippen LogP contribution in [0.15, 0.2) is 35.7 Å². The third kappa shape index (κ3) is 4.14. The van der Waals surface area contributed by atoms with Crippen molar-refractivity contribution < 1.29 is 37.7 Å². The van der Waals surface area contributed by atoms with Gasteiger partial charge in [0.1, 0.15) is 34.6 Å². The molecule has 1 aromatic heterocycles. The van der Waals surface area contributed by atoms with Crippen LogP contribution in [-0.4, -0.2) is 30.0 Å². The lowest BCUT2D eigenvalue weighted by atomic mass is 10.0. The Morgan fingerprint density at radius 2 is 2.00 bits per heavy atom. The van der Waals surface area contributed by atoms with Gasteiger partial charge in [0.25, 0.3) is 5.91 Å². The zero-order valence-electron chi connectivity index (χ0n) is 16.9. The van der Waals surface area contributed by atoms with Gasteiger partial charge < -0.3 is 14.6 Å². The number of methoxy groups -OCH3 is 1. The summed E-state index contributed by atoms with van der Waals surface area (Å²) in [6.45, 7) is -0.203. The lowest BCUT2D eigenvalue weighted by Gasteiger charge is -2.26. The summed E-state index contributed by atoms with van der Waals surface area (Å²) in [6, 6.07) is 5.65. The molecular weight excluding hydrogens is 480 g/mol. The third-order valence-electron chi connectivity index (χ3n) is 4.91. The molecule has 1 aliphatic heterocycles. The zero-order valence-corrected chi connectivity index (χ0v) is 18.4. The van der Waals surface area contributed by atoms with Crippen molar-refractivity contribution in [2.75, 3.05) is 12.0 Å². The minimum atomic E-state index is -1.32.